The van der Waals surface area contributed by atoms with Crippen LogP contribution in [0.15, 0.2) is 48.5 Å². The molecule has 3 heteroatoms. The number of fused-ring (bicyclic) bond motifs is 1. The third kappa shape index (κ3) is 2.03. The molecule has 3 rings (SSSR count). The lowest BCUT2D eigenvalue weighted by Crippen LogP contribution is -1.94. The molecule has 2 aromatic carbocycles. The molecule has 0 unspecified atom stereocenters. The van der Waals surface area contributed by atoms with E-state index < -0.39 is 0 Å². The number of aromatic nitrogens is 1. The van der Waals surface area contributed by atoms with E-state index in [4.69, 9.17) is 4.74 Å². The SMILES string of the molecule is CNc1cc(-c2cc3ccccc3[nH]2)ccc1OC. The van der Waals surface area contributed by atoms with Gasteiger partial charge in [-0.15, -0.1) is 0 Å². The Morgan fingerprint density at radius 3 is 2.63 bits per heavy atom. The van der Waals surface area contributed by atoms with E-state index in [9.17, 15) is 0 Å². The summed E-state index contributed by atoms with van der Waals surface area (Å²) in [4.78, 5) is 3.43. The molecule has 3 aromatic rings. The van der Waals surface area contributed by atoms with Crippen LogP contribution in [0.4, 0.5) is 5.69 Å². The highest BCUT2D eigenvalue weighted by Crippen LogP contribution is 2.31. The summed E-state index contributed by atoms with van der Waals surface area (Å²) < 4.78 is 5.31. The van der Waals surface area contributed by atoms with Gasteiger partial charge in [-0.3, -0.25) is 0 Å². The first-order chi connectivity index (χ1) is 9.31. The number of aromatic amines is 1. The Balaban J connectivity index is 2.10. The Labute approximate surface area is 112 Å². The smallest absolute Gasteiger partial charge is 0.141 e. The maximum Gasteiger partial charge on any atom is 0.141 e. The molecule has 0 fully saturated rings. The Morgan fingerprint density at radius 2 is 1.89 bits per heavy atom. The number of methoxy groups -OCH3 is 1. The van der Waals surface area contributed by atoms with E-state index in [0.717, 1.165) is 28.2 Å². The number of hydrogen-bond donors (Lipinski definition) is 2. The monoisotopic (exact) mass is 252 g/mol. The summed E-state index contributed by atoms with van der Waals surface area (Å²) in [6.07, 6.45) is 0. The molecular weight excluding hydrogens is 236 g/mol. The number of ether oxygens (including phenoxy) is 1. The third-order valence-electron chi connectivity index (χ3n) is 3.31. The van der Waals surface area contributed by atoms with Crippen LogP contribution < -0.4 is 10.1 Å². The fraction of sp³-hybridized carbons (Fsp3) is 0.125. The van der Waals surface area contributed by atoms with Crippen molar-refractivity contribution in [1.82, 2.24) is 4.98 Å². The Morgan fingerprint density at radius 1 is 1.05 bits per heavy atom. The predicted molar refractivity (Wildman–Crippen MR) is 79.8 cm³/mol. The van der Waals surface area contributed by atoms with Crippen LogP contribution in [0.5, 0.6) is 5.75 Å². The standard InChI is InChI=1S/C16H16N2O/c1-17-15-10-12(7-8-16(15)19-2)14-9-11-5-3-4-6-13(11)18-14/h3-10,17-18H,1-2H3. The average molecular weight is 252 g/mol. The van der Waals surface area contributed by atoms with Crippen LogP contribution in [-0.2, 0) is 0 Å². The third-order valence-corrected chi connectivity index (χ3v) is 3.31. The van der Waals surface area contributed by atoms with Gasteiger partial charge in [-0.25, -0.2) is 0 Å². The first kappa shape index (κ1) is 11.7. The Hall–Kier alpha value is -2.42. The molecule has 0 aliphatic heterocycles. The summed E-state index contributed by atoms with van der Waals surface area (Å²) in [5.74, 6) is 0.849. The minimum atomic E-state index is 0.849. The van der Waals surface area contributed by atoms with Crippen molar-refractivity contribution in [3.8, 4) is 17.0 Å². The van der Waals surface area contributed by atoms with Gasteiger partial charge < -0.3 is 15.0 Å². The summed E-state index contributed by atoms with van der Waals surface area (Å²) in [5, 5.41) is 4.37. The number of H-pyrrole nitrogens is 1. The molecule has 0 aliphatic carbocycles. The van der Waals surface area contributed by atoms with Gasteiger partial charge in [0.15, 0.2) is 0 Å². The molecule has 0 aliphatic rings. The first-order valence-corrected chi connectivity index (χ1v) is 6.26. The molecule has 0 saturated carbocycles. The number of para-hydroxylation sites is 1. The van der Waals surface area contributed by atoms with Crippen LogP contribution in [0.25, 0.3) is 22.2 Å². The molecule has 0 amide bonds. The lowest BCUT2D eigenvalue weighted by molar-refractivity contribution is 0.416. The largest absolute Gasteiger partial charge is 0.495 e. The summed E-state index contributed by atoms with van der Waals surface area (Å²) in [6, 6.07) is 16.6. The van der Waals surface area contributed by atoms with Gasteiger partial charge in [0.2, 0.25) is 0 Å². The highest BCUT2D eigenvalue weighted by atomic mass is 16.5. The lowest BCUT2D eigenvalue weighted by atomic mass is 10.1. The van der Waals surface area contributed by atoms with Crippen LogP contribution in [-0.4, -0.2) is 19.1 Å². The molecule has 0 bridgehead atoms. The van der Waals surface area contributed by atoms with Crippen molar-refractivity contribution in [3.63, 3.8) is 0 Å². The van der Waals surface area contributed by atoms with E-state index in [1.54, 1.807) is 7.11 Å². The second-order valence-electron chi connectivity index (χ2n) is 4.44. The fourth-order valence-corrected chi connectivity index (χ4v) is 2.30. The van der Waals surface area contributed by atoms with Gasteiger partial charge in [-0.1, -0.05) is 18.2 Å². The van der Waals surface area contributed by atoms with Crippen molar-refractivity contribution in [1.29, 1.82) is 0 Å². The highest BCUT2D eigenvalue weighted by molar-refractivity contribution is 5.86. The molecule has 0 radical (unpaired) electrons. The molecule has 1 heterocycles. The van der Waals surface area contributed by atoms with Gasteiger partial charge >= 0.3 is 0 Å². The Kier molecular flexibility index (Phi) is 2.88. The van der Waals surface area contributed by atoms with Crippen molar-refractivity contribution in [3.05, 3.63) is 48.5 Å². The van der Waals surface area contributed by atoms with Gasteiger partial charge in [-0.05, 0) is 30.3 Å². The van der Waals surface area contributed by atoms with E-state index in [1.165, 1.54) is 5.39 Å². The van der Waals surface area contributed by atoms with Crippen molar-refractivity contribution in [2.75, 3.05) is 19.5 Å². The molecule has 96 valence electrons. The molecule has 0 spiro atoms. The summed E-state index contributed by atoms with van der Waals surface area (Å²) in [6.45, 7) is 0. The van der Waals surface area contributed by atoms with Crippen LogP contribution >= 0.6 is 0 Å². The number of rotatable bonds is 3. The second-order valence-corrected chi connectivity index (χ2v) is 4.44. The quantitative estimate of drug-likeness (QED) is 0.742. The second kappa shape index (κ2) is 4.69. The maximum atomic E-state index is 5.31. The number of anilines is 1. The van der Waals surface area contributed by atoms with E-state index >= 15 is 0 Å². The van der Waals surface area contributed by atoms with E-state index in [1.807, 2.05) is 25.2 Å². The lowest BCUT2D eigenvalue weighted by Gasteiger charge is -2.09. The molecule has 0 saturated heterocycles. The summed E-state index contributed by atoms with van der Waals surface area (Å²) in [5.41, 5.74) is 4.39. The first-order valence-electron chi connectivity index (χ1n) is 6.26. The topological polar surface area (TPSA) is 37.0 Å². The van der Waals surface area contributed by atoms with Gasteiger partial charge in [0, 0.05) is 29.2 Å². The normalized spacial score (nSPS) is 10.6. The van der Waals surface area contributed by atoms with Crippen LogP contribution in [0.1, 0.15) is 0 Å². The van der Waals surface area contributed by atoms with Gasteiger partial charge in [0.05, 0.1) is 12.8 Å². The van der Waals surface area contributed by atoms with Crippen molar-refractivity contribution in [2.45, 2.75) is 0 Å². The molecule has 3 nitrogen and oxygen atoms in total. The number of benzene rings is 2. The zero-order valence-electron chi connectivity index (χ0n) is 11.0. The fourth-order valence-electron chi connectivity index (χ4n) is 2.30. The zero-order valence-corrected chi connectivity index (χ0v) is 11.0. The molecule has 2 N–H and O–H groups in total. The van der Waals surface area contributed by atoms with Crippen LogP contribution in [0.2, 0.25) is 0 Å². The highest BCUT2D eigenvalue weighted by Gasteiger charge is 2.06. The van der Waals surface area contributed by atoms with Crippen molar-refractivity contribution >= 4 is 16.6 Å². The van der Waals surface area contributed by atoms with Crippen LogP contribution in [0, 0.1) is 0 Å². The Bertz CT molecular complexity index is 683. The number of hydrogen-bond acceptors (Lipinski definition) is 2. The molecule has 1 aromatic heterocycles. The van der Waals surface area contributed by atoms with Gasteiger partial charge in [0.25, 0.3) is 0 Å². The van der Waals surface area contributed by atoms with E-state index in [-0.39, 0.29) is 0 Å². The van der Waals surface area contributed by atoms with E-state index in [2.05, 4.69) is 40.6 Å². The van der Waals surface area contributed by atoms with Gasteiger partial charge in [-0.2, -0.15) is 0 Å². The summed E-state index contributed by atoms with van der Waals surface area (Å²) in [7, 11) is 3.58. The molecule has 19 heavy (non-hydrogen) atoms. The molecular formula is C16H16N2O. The van der Waals surface area contributed by atoms with Crippen molar-refractivity contribution < 1.29 is 4.74 Å². The van der Waals surface area contributed by atoms with E-state index in [0.29, 0.717) is 0 Å². The minimum Gasteiger partial charge on any atom is -0.495 e. The predicted octanol–water partition coefficient (Wildman–Crippen LogP) is 3.89. The van der Waals surface area contributed by atoms with Gasteiger partial charge in [0.1, 0.15) is 5.75 Å². The summed E-state index contributed by atoms with van der Waals surface area (Å²) >= 11 is 0. The van der Waals surface area contributed by atoms with Crippen molar-refractivity contribution in [2.24, 2.45) is 0 Å². The minimum absolute atomic E-state index is 0.849. The average Bonchev–Trinajstić information content (AvgIpc) is 2.90. The van der Waals surface area contributed by atoms with Crippen LogP contribution in [0.3, 0.4) is 0 Å². The zero-order chi connectivity index (χ0) is 13.2. The number of nitrogens with one attached hydrogen (secondary N) is 2. The maximum absolute atomic E-state index is 5.31. The molecule has 0 atom stereocenters.